The second-order valence-corrected chi connectivity index (χ2v) is 10.3. The van der Waals surface area contributed by atoms with Gasteiger partial charge in [0.15, 0.2) is 0 Å². The molecule has 30 heavy (non-hydrogen) atoms. The zero-order chi connectivity index (χ0) is 19.8. The third-order valence-corrected chi connectivity index (χ3v) is 8.49. The van der Waals surface area contributed by atoms with Crippen LogP contribution in [0.1, 0.15) is 47.4 Å². The van der Waals surface area contributed by atoms with Crippen LogP contribution in [-0.2, 0) is 0 Å². The lowest BCUT2D eigenvalue weighted by molar-refractivity contribution is 0.336. The number of allylic oxidation sites excluding steroid dienone is 4. The van der Waals surface area contributed by atoms with Gasteiger partial charge in [-0.1, -0.05) is 76.6 Å². The third kappa shape index (κ3) is 2.29. The fraction of sp³-hybridized carbons (Fsp3) is 0.286. The Balaban J connectivity index is 1.54. The van der Waals surface area contributed by atoms with E-state index in [0.29, 0.717) is 29.7 Å². The Kier molecular flexibility index (Phi) is 3.67. The summed E-state index contributed by atoms with van der Waals surface area (Å²) >= 11 is 3.64. The van der Waals surface area contributed by atoms with Gasteiger partial charge in [0.25, 0.3) is 0 Å². The average Bonchev–Trinajstić information content (AvgIpc) is 3.44. The Morgan fingerprint density at radius 1 is 0.867 bits per heavy atom. The van der Waals surface area contributed by atoms with Crippen LogP contribution in [0.15, 0.2) is 83.4 Å². The first-order valence-corrected chi connectivity index (χ1v) is 12.0. The van der Waals surface area contributed by atoms with E-state index < -0.39 is 0 Å². The van der Waals surface area contributed by atoms with Crippen molar-refractivity contribution in [3.05, 3.63) is 100 Å². The number of rotatable bonds is 1. The maximum Gasteiger partial charge on any atom is 0.0582 e. The smallest absolute Gasteiger partial charge is 0.0582 e. The van der Waals surface area contributed by atoms with E-state index in [4.69, 9.17) is 0 Å². The summed E-state index contributed by atoms with van der Waals surface area (Å²) in [6.07, 6.45) is 12.2. The highest BCUT2D eigenvalue weighted by molar-refractivity contribution is 9.10. The number of anilines is 1. The molecule has 0 N–H and O–H groups in total. The molecule has 0 saturated heterocycles. The zero-order valence-electron chi connectivity index (χ0n) is 16.8. The number of halogens is 1. The zero-order valence-corrected chi connectivity index (χ0v) is 18.4. The summed E-state index contributed by atoms with van der Waals surface area (Å²) in [5.74, 6) is 2.41. The van der Waals surface area contributed by atoms with Crippen LogP contribution >= 0.6 is 15.9 Å². The second-order valence-electron chi connectivity index (χ2n) is 9.40. The maximum atomic E-state index is 3.64. The minimum atomic E-state index is 0.451. The van der Waals surface area contributed by atoms with E-state index in [1.165, 1.54) is 35.7 Å². The van der Waals surface area contributed by atoms with Gasteiger partial charge < -0.3 is 4.90 Å². The van der Waals surface area contributed by atoms with Gasteiger partial charge in [-0.15, -0.1) is 0 Å². The molecule has 5 atom stereocenters. The van der Waals surface area contributed by atoms with Gasteiger partial charge in [-0.3, -0.25) is 0 Å². The van der Waals surface area contributed by atoms with E-state index in [1.54, 1.807) is 16.8 Å². The molecule has 0 saturated carbocycles. The van der Waals surface area contributed by atoms with Crippen molar-refractivity contribution in [2.75, 3.05) is 11.4 Å². The predicted molar refractivity (Wildman–Crippen MR) is 128 cm³/mol. The summed E-state index contributed by atoms with van der Waals surface area (Å²) in [6, 6.07) is 21.1. The minimum absolute atomic E-state index is 0.451. The Hall–Kier alpha value is -2.32. The van der Waals surface area contributed by atoms with Gasteiger partial charge in [0, 0.05) is 28.5 Å². The number of nitrogens with zero attached hydrogens (tertiary/aromatic N) is 1. The molecule has 2 heteroatoms. The van der Waals surface area contributed by atoms with Gasteiger partial charge in [-0.25, -0.2) is 0 Å². The Bertz CT molecular complexity index is 1220. The molecule has 4 aliphatic rings. The molecule has 0 bridgehead atoms. The lowest BCUT2D eigenvalue weighted by Gasteiger charge is -2.51. The lowest BCUT2D eigenvalue weighted by atomic mass is 9.69. The second kappa shape index (κ2) is 6.34. The Morgan fingerprint density at radius 3 is 2.57 bits per heavy atom. The highest BCUT2D eigenvalue weighted by Crippen LogP contribution is 2.60. The topological polar surface area (TPSA) is 3.24 Å². The molecular formula is C28H24BrN. The monoisotopic (exact) mass is 453 g/mol. The number of hydrogen-bond acceptors (Lipinski definition) is 1. The normalized spacial score (nSPS) is 30.4. The summed E-state index contributed by atoms with van der Waals surface area (Å²) in [5, 5.41) is 2.87. The van der Waals surface area contributed by atoms with Crippen LogP contribution in [-0.4, -0.2) is 6.54 Å². The van der Waals surface area contributed by atoms with Crippen LogP contribution in [0.2, 0.25) is 0 Å². The molecule has 3 aromatic carbocycles. The van der Waals surface area contributed by atoms with E-state index in [-0.39, 0.29) is 0 Å². The van der Waals surface area contributed by atoms with Gasteiger partial charge in [0.1, 0.15) is 0 Å². The fourth-order valence-electron chi connectivity index (χ4n) is 6.77. The SMILES string of the molecule is Brc1ccc([C@H]2[C@H]3CC=C[C@@H]3c3c4c(cc5ccccc35)[C@H]3C=CC[C@@H]3CN42)cc1. The average molecular weight is 454 g/mol. The van der Waals surface area contributed by atoms with E-state index >= 15 is 0 Å². The molecule has 2 aliphatic heterocycles. The van der Waals surface area contributed by atoms with Crippen LogP contribution in [0, 0.1) is 11.8 Å². The van der Waals surface area contributed by atoms with Crippen molar-refractivity contribution in [1.29, 1.82) is 0 Å². The fourth-order valence-corrected chi connectivity index (χ4v) is 7.03. The van der Waals surface area contributed by atoms with E-state index in [9.17, 15) is 0 Å². The number of hydrogen-bond donors (Lipinski definition) is 0. The summed E-state index contributed by atoms with van der Waals surface area (Å²) < 4.78 is 1.16. The quantitative estimate of drug-likeness (QED) is 0.344. The molecule has 0 fully saturated rings. The molecule has 1 nitrogen and oxygen atoms in total. The molecule has 0 radical (unpaired) electrons. The largest absolute Gasteiger partial charge is 0.363 e. The first-order valence-electron chi connectivity index (χ1n) is 11.2. The molecule has 2 heterocycles. The van der Waals surface area contributed by atoms with Crippen LogP contribution in [0.4, 0.5) is 5.69 Å². The Morgan fingerprint density at radius 2 is 1.67 bits per heavy atom. The molecule has 0 spiro atoms. The Labute approximate surface area is 186 Å². The first kappa shape index (κ1) is 17.4. The predicted octanol–water partition coefficient (Wildman–Crippen LogP) is 7.50. The van der Waals surface area contributed by atoms with Crippen LogP contribution < -0.4 is 4.90 Å². The van der Waals surface area contributed by atoms with E-state index in [0.717, 1.165) is 4.47 Å². The molecule has 148 valence electrons. The molecule has 2 aliphatic carbocycles. The van der Waals surface area contributed by atoms with Gasteiger partial charge in [0.2, 0.25) is 0 Å². The van der Waals surface area contributed by atoms with Crippen molar-refractivity contribution >= 4 is 32.4 Å². The summed E-state index contributed by atoms with van der Waals surface area (Å²) in [7, 11) is 0. The molecule has 0 unspecified atom stereocenters. The van der Waals surface area contributed by atoms with Crippen molar-refractivity contribution in [3.8, 4) is 0 Å². The standard InChI is InChI=1S/C28H24BrN/c29-20-13-11-17(12-14-20)27-24-10-4-9-23(24)26-22-7-2-1-5-18(22)15-25-21-8-3-6-19(21)16-30(27)28(25)26/h1-5,7-9,11-15,19,21,23-24,27H,6,10,16H2/t19-,21+,23+,24+,27+/m1/s1. The van der Waals surface area contributed by atoms with Gasteiger partial charge >= 0.3 is 0 Å². The highest BCUT2D eigenvalue weighted by Gasteiger charge is 2.48. The summed E-state index contributed by atoms with van der Waals surface area (Å²) in [5.41, 5.74) is 6.16. The highest BCUT2D eigenvalue weighted by atomic mass is 79.9. The lowest BCUT2D eigenvalue weighted by Crippen LogP contribution is -2.46. The minimum Gasteiger partial charge on any atom is -0.363 e. The molecule has 0 amide bonds. The van der Waals surface area contributed by atoms with Crippen molar-refractivity contribution in [1.82, 2.24) is 0 Å². The van der Waals surface area contributed by atoms with Crippen molar-refractivity contribution < 1.29 is 0 Å². The first-order chi connectivity index (χ1) is 14.8. The number of fused-ring (bicyclic) bond motifs is 6. The van der Waals surface area contributed by atoms with Crippen LogP contribution in [0.5, 0.6) is 0 Å². The van der Waals surface area contributed by atoms with Gasteiger partial charge in [-0.2, -0.15) is 0 Å². The summed E-state index contributed by atoms with van der Waals surface area (Å²) in [6.45, 7) is 1.17. The molecule has 3 aromatic rings. The maximum absolute atomic E-state index is 3.64. The van der Waals surface area contributed by atoms with Gasteiger partial charge in [0.05, 0.1) is 6.04 Å². The molecular weight excluding hydrogens is 430 g/mol. The van der Waals surface area contributed by atoms with E-state index in [1.807, 2.05) is 0 Å². The number of benzene rings is 3. The third-order valence-electron chi connectivity index (χ3n) is 7.96. The van der Waals surface area contributed by atoms with E-state index in [2.05, 4.69) is 99.7 Å². The van der Waals surface area contributed by atoms with Gasteiger partial charge in [-0.05, 0) is 70.3 Å². The van der Waals surface area contributed by atoms with Crippen LogP contribution in [0.25, 0.3) is 10.8 Å². The molecule has 7 rings (SSSR count). The van der Waals surface area contributed by atoms with Crippen molar-refractivity contribution in [2.45, 2.75) is 30.7 Å². The molecule has 0 aromatic heterocycles. The van der Waals surface area contributed by atoms with Crippen LogP contribution in [0.3, 0.4) is 0 Å². The summed E-state index contributed by atoms with van der Waals surface area (Å²) in [4.78, 5) is 2.81. The van der Waals surface area contributed by atoms with Crippen molar-refractivity contribution in [2.24, 2.45) is 11.8 Å². The van der Waals surface area contributed by atoms with Crippen molar-refractivity contribution in [3.63, 3.8) is 0 Å².